The van der Waals surface area contributed by atoms with E-state index in [0.717, 1.165) is 38.1 Å². The van der Waals surface area contributed by atoms with Gasteiger partial charge in [-0.2, -0.15) is 4.72 Å². The average Bonchev–Trinajstić information content (AvgIpc) is 2.90. The highest BCUT2D eigenvalue weighted by atomic mass is 32.2. The summed E-state index contributed by atoms with van der Waals surface area (Å²) in [5, 5.41) is 11.2. The van der Waals surface area contributed by atoms with E-state index in [2.05, 4.69) is 30.7 Å². The summed E-state index contributed by atoms with van der Waals surface area (Å²) >= 11 is 0. The van der Waals surface area contributed by atoms with Gasteiger partial charge in [-0.3, -0.25) is 4.79 Å². The molecule has 9 heteroatoms. The number of benzene rings is 1. The van der Waals surface area contributed by atoms with Crippen molar-refractivity contribution in [2.75, 3.05) is 6.54 Å². The quantitative estimate of drug-likeness (QED) is 0.715. The standard InChI is InChI=1S/C18H21N5O3S/c1-2-10-20-27(25,26)15-8-6-7-14(12-15)18(24)19-13-17-22-21-16-9-4-3-5-11-23(16)17/h1,6-8,12,20H,3-5,9-11,13H2,(H,19,24). The Balaban J connectivity index is 1.70. The number of hydrogen-bond acceptors (Lipinski definition) is 5. The van der Waals surface area contributed by atoms with Gasteiger partial charge in [-0.1, -0.05) is 18.4 Å². The molecule has 1 amide bonds. The van der Waals surface area contributed by atoms with Crippen LogP contribution in [0.4, 0.5) is 0 Å². The Labute approximate surface area is 158 Å². The van der Waals surface area contributed by atoms with Crippen LogP contribution < -0.4 is 10.0 Å². The van der Waals surface area contributed by atoms with Crippen molar-refractivity contribution in [1.82, 2.24) is 24.8 Å². The largest absolute Gasteiger partial charge is 0.345 e. The number of nitrogens with one attached hydrogen (secondary N) is 2. The van der Waals surface area contributed by atoms with Crippen molar-refractivity contribution in [1.29, 1.82) is 0 Å². The van der Waals surface area contributed by atoms with Gasteiger partial charge < -0.3 is 9.88 Å². The number of nitrogens with zero attached hydrogens (tertiary/aromatic N) is 3. The summed E-state index contributed by atoms with van der Waals surface area (Å²) in [6, 6.07) is 5.80. The van der Waals surface area contributed by atoms with Crippen LogP contribution in [0.3, 0.4) is 0 Å². The molecule has 0 saturated heterocycles. The molecule has 1 aliphatic heterocycles. The molecule has 1 aromatic carbocycles. The predicted octanol–water partition coefficient (Wildman–Crippen LogP) is 0.846. The van der Waals surface area contributed by atoms with Crippen molar-refractivity contribution >= 4 is 15.9 Å². The molecule has 0 saturated carbocycles. The molecule has 1 aromatic heterocycles. The van der Waals surface area contributed by atoms with E-state index >= 15 is 0 Å². The van der Waals surface area contributed by atoms with Crippen molar-refractivity contribution in [3.05, 3.63) is 41.5 Å². The third-order valence-electron chi connectivity index (χ3n) is 4.36. The molecule has 2 aromatic rings. The second-order valence-electron chi connectivity index (χ2n) is 6.23. The van der Waals surface area contributed by atoms with E-state index in [4.69, 9.17) is 6.42 Å². The highest BCUT2D eigenvalue weighted by Crippen LogP contribution is 2.15. The first-order chi connectivity index (χ1) is 13.0. The zero-order valence-electron chi connectivity index (χ0n) is 14.8. The second-order valence-corrected chi connectivity index (χ2v) is 8.00. The summed E-state index contributed by atoms with van der Waals surface area (Å²) in [7, 11) is -3.75. The Kier molecular flexibility index (Phi) is 5.88. The third-order valence-corrected chi connectivity index (χ3v) is 5.76. The number of sulfonamides is 1. The Bertz CT molecular complexity index is 975. The fourth-order valence-electron chi connectivity index (χ4n) is 2.96. The topological polar surface area (TPSA) is 106 Å². The van der Waals surface area contributed by atoms with Crippen LogP contribution in [0.1, 0.15) is 41.3 Å². The summed E-state index contributed by atoms with van der Waals surface area (Å²) in [6.07, 6.45) is 9.30. The van der Waals surface area contributed by atoms with Crippen molar-refractivity contribution < 1.29 is 13.2 Å². The van der Waals surface area contributed by atoms with Gasteiger partial charge in [0.2, 0.25) is 10.0 Å². The molecule has 0 atom stereocenters. The number of carbonyl (C=O) groups is 1. The SMILES string of the molecule is C#CCNS(=O)(=O)c1cccc(C(=O)NCc2nnc3n2CCCCC3)c1. The van der Waals surface area contributed by atoms with Gasteiger partial charge in [-0.05, 0) is 31.0 Å². The lowest BCUT2D eigenvalue weighted by Crippen LogP contribution is -2.26. The summed E-state index contributed by atoms with van der Waals surface area (Å²) in [5.74, 6) is 3.49. The fourth-order valence-corrected chi connectivity index (χ4v) is 3.94. The molecule has 2 heterocycles. The van der Waals surface area contributed by atoms with E-state index in [9.17, 15) is 13.2 Å². The Morgan fingerprint density at radius 2 is 2.11 bits per heavy atom. The van der Waals surface area contributed by atoms with E-state index in [1.807, 2.05) is 0 Å². The highest BCUT2D eigenvalue weighted by Gasteiger charge is 2.17. The molecule has 0 bridgehead atoms. The number of terminal acetylenes is 1. The smallest absolute Gasteiger partial charge is 0.251 e. The lowest BCUT2D eigenvalue weighted by molar-refractivity contribution is 0.0949. The molecular formula is C18H21N5O3S. The van der Waals surface area contributed by atoms with E-state index in [-0.39, 0.29) is 29.5 Å². The zero-order valence-corrected chi connectivity index (χ0v) is 15.6. The maximum atomic E-state index is 12.5. The number of rotatable bonds is 6. The van der Waals surface area contributed by atoms with E-state index in [0.29, 0.717) is 5.82 Å². The normalized spacial score (nSPS) is 14.0. The summed E-state index contributed by atoms with van der Waals surface area (Å²) < 4.78 is 28.6. The highest BCUT2D eigenvalue weighted by molar-refractivity contribution is 7.89. The van der Waals surface area contributed by atoms with Gasteiger partial charge in [0.15, 0.2) is 5.82 Å². The average molecular weight is 387 g/mol. The zero-order chi connectivity index (χ0) is 19.3. The minimum atomic E-state index is -3.75. The van der Waals surface area contributed by atoms with Gasteiger partial charge in [0.25, 0.3) is 5.91 Å². The molecule has 8 nitrogen and oxygen atoms in total. The summed E-state index contributed by atoms with van der Waals surface area (Å²) in [6.45, 7) is 0.969. The van der Waals surface area contributed by atoms with E-state index in [1.165, 1.54) is 18.2 Å². The molecule has 0 spiro atoms. The van der Waals surface area contributed by atoms with Crippen molar-refractivity contribution in [2.45, 2.75) is 43.7 Å². The monoisotopic (exact) mass is 387 g/mol. The van der Waals surface area contributed by atoms with Crippen molar-refractivity contribution in [2.24, 2.45) is 0 Å². The number of fused-ring (bicyclic) bond motifs is 1. The molecule has 27 heavy (non-hydrogen) atoms. The van der Waals surface area contributed by atoms with Crippen LogP contribution in [-0.2, 0) is 29.5 Å². The first-order valence-electron chi connectivity index (χ1n) is 8.73. The minimum Gasteiger partial charge on any atom is -0.345 e. The van der Waals surface area contributed by atoms with Gasteiger partial charge in [0.1, 0.15) is 5.82 Å². The van der Waals surface area contributed by atoms with Crippen LogP contribution >= 0.6 is 0 Å². The van der Waals surface area contributed by atoms with Crippen molar-refractivity contribution in [3.8, 4) is 12.3 Å². The number of carbonyl (C=O) groups excluding carboxylic acids is 1. The minimum absolute atomic E-state index is 0.0123. The molecule has 142 valence electrons. The van der Waals surface area contributed by atoms with Crippen LogP contribution in [0.5, 0.6) is 0 Å². The number of amides is 1. The Morgan fingerprint density at radius 1 is 1.26 bits per heavy atom. The van der Waals surface area contributed by atoms with Gasteiger partial charge in [-0.25, -0.2) is 8.42 Å². The molecule has 0 aliphatic carbocycles. The molecule has 0 fully saturated rings. The molecular weight excluding hydrogens is 366 g/mol. The van der Waals surface area contributed by atoms with Crippen LogP contribution in [0.15, 0.2) is 29.2 Å². The second kappa shape index (κ2) is 8.33. The number of aryl methyl sites for hydroxylation is 1. The number of aromatic nitrogens is 3. The molecule has 0 unspecified atom stereocenters. The maximum absolute atomic E-state index is 12.5. The van der Waals surface area contributed by atoms with Crippen LogP contribution in [-0.4, -0.2) is 35.6 Å². The van der Waals surface area contributed by atoms with Crippen LogP contribution in [0.2, 0.25) is 0 Å². The maximum Gasteiger partial charge on any atom is 0.251 e. The van der Waals surface area contributed by atoms with Gasteiger partial charge in [-0.15, -0.1) is 16.6 Å². The fraction of sp³-hybridized carbons (Fsp3) is 0.389. The lowest BCUT2D eigenvalue weighted by atomic mass is 10.2. The first kappa shape index (κ1) is 19.1. The van der Waals surface area contributed by atoms with E-state index < -0.39 is 10.0 Å². The third kappa shape index (κ3) is 4.53. The molecule has 3 rings (SSSR count). The van der Waals surface area contributed by atoms with Gasteiger partial charge >= 0.3 is 0 Å². The first-order valence-corrected chi connectivity index (χ1v) is 10.2. The molecule has 2 N–H and O–H groups in total. The predicted molar refractivity (Wildman–Crippen MR) is 99.2 cm³/mol. The van der Waals surface area contributed by atoms with Gasteiger partial charge in [0, 0.05) is 18.5 Å². The molecule has 1 aliphatic rings. The summed E-state index contributed by atoms with van der Waals surface area (Å²) in [5.41, 5.74) is 0.245. The van der Waals surface area contributed by atoms with Crippen molar-refractivity contribution in [3.63, 3.8) is 0 Å². The number of hydrogen-bond donors (Lipinski definition) is 2. The Hall–Kier alpha value is -2.70. The lowest BCUT2D eigenvalue weighted by Gasteiger charge is -2.09. The van der Waals surface area contributed by atoms with Gasteiger partial charge in [0.05, 0.1) is 18.0 Å². The summed E-state index contributed by atoms with van der Waals surface area (Å²) in [4.78, 5) is 12.4. The van der Waals surface area contributed by atoms with Crippen LogP contribution in [0, 0.1) is 12.3 Å². The Morgan fingerprint density at radius 3 is 2.93 bits per heavy atom. The van der Waals surface area contributed by atoms with Crippen LogP contribution in [0.25, 0.3) is 0 Å². The van der Waals surface area contributed by atoms with E-state index in [1.54, 1.807) is 6.07 Å². The molecule has 0 radical (unpaired) electrons.